The molecule has 6 heteroatoms. The van der Waals surface area contributed by atoms with Crippen molar-refractivity contribution in [3.63, 3.8) is 0 Å². The number of hydrogen-bond donors (Lipinski definition) is 1. The van der Waals surface area contributed by atoms with Crippen molar-refractivity contribution in [2.45, 2.75) is 6.61 Å². The Hall–Kier alpha value is -1.59. The Labute approximate surface area is 128 Å². The minimum absolute atomic E-state index is 0.113. The van der Waals surface area contributed by atoms with Crippen molar-refractivity contribution in [2.24, 2.45) is 0 Å². The summed E-state index contributed by atoms with van der Waals surface area (Å²) in [6.45, 7) is 0.156. The zero-order valence-electron chi connectivity index (χ0n) is 10.1. The first-order valence-corrected chi connectivity index (χ1v) is 6.74. The SMILES string of the molecule is O=C(O)c1ccc(COc2ccc(F)cc2Br)c(Cl)c1. The summed E-state index contributed by atoms with van der Waals surface area (Å²) in [7, 11) is 0. The molecule has 0 saturated heterocycles. The van der Waals surface area contributed by atoms with E-state index in [1.54, 1.807) is 6.07 Å². The van der Waals surface area contributed by atoms with Gasteiger partial charge < -0.3 is 9.84 Å². The van der Waals surface area contributed by atoms with Crippen LogP contribution >= 0.6 is 27.5 Å². The Kier molecular flexibility index (Phi) is 4.62. The molecule has 0 atom stereocenters. The molecule has 0 spiro atoms. The number of carbonyl (C=O) groups is 1. The van der Waals surface area contributed by atoms with E-state index in [1.165, 1.54) is 30.3 Å². The quantitative estimate of drug-likeness (QED) is 0.873. The van der Waals surface area contributed by atoms with Crippen LogP contribution < -0.4 is 4.74 Å². The van der Waals surface area contributed by atoms with E-state index in [4.69, 9.17) is 21.4 Å². The Morgan fingerprint density at radius 3 is 2.65 bits per heavy atom. The highest BCUT2D eigenvalue weighted by Gasteiger charge is 2.09. The summed E-state index contributed by atoms with van der Waals surface area (Å²) in [6.07, 6.45) is 0. The highest BCUT2D eigenvalue weighted by molar-refractivity contribution is 9.10. The van der Waals surface area contributed by atoms with Gasteiger partial charge in [-0.1, -0.05) is 17.7 Å². The first-order valence-electron chi connectivity index (χ1n) is 5.57. The van der Waals surface area contributed by atoms with E-state index in [1.807, 2.05) is 0 Å². The average Bonchev–Trinajstić information content (AvgIpc) is 2.38. The first kappa shape index (κ1) is 14.8. The normalized spacial score (nSPS) is 10.3. The highest BCUT2D eigenvalue weighted by Crippen LogP contribution is 2.27. The first-order chi connectivity index (χ1) is 9.47. The van der Waals surface area contributed by atoms with Crippen molar-refractivity contribution in [1.29, 1.82) is 0 Å². The summed E-state index contributed by atoms with van der Waals surface area (Å²) in [5, 5.41) is 9.15. The summed E-state index contributed by atoms with van der Waals surface area (Å²) in [5.74, 6) is -0.932. The largest absolute Gasteiger partial charge is 0.488 e. The minimum Gasteiger partial charge on any atom is -0.488 e. The molecular weight excluding hydrogens is 351 g/mol. The van der Waals surface area contributed by atoms with Crippen LogP contribution in [0.4, 0.5) is 4.39 Å². The second-order valence-corrected chi connectivity index (χ2v) is 5.24. The Bertz CT molecular complexity index is 661. The third-order valence-electron chi connectivity index (χ3n) is 2.58. The summed E-state index contributed by atoms with van der Waals surface area (Å²) in [5.41, 5.74) is 0.759. The van der Waals surface area contributed by atoms with Gasteiger partial charge >= 0.3 is 5.97 Å². The fourth-order valence-electron chi connectivity index (χ4n) is 1.55. The van der Waals surface area contributed by atoms with Crippen LogP contribution in [0.15, 0.2) is 40.9 Å². The molecule has 104 valence electrons. The van der Waals surface area contributed by atoms with E-state index in [2.05, 4.69) is 15.9 Å². The lowest BCUT2D eigenvalue weighted by Crippen LogP contribution is -2.00. The molecule has 0 heterocycles. The Balaban J connectivity index is 2.13. The van der Waals surface area contributed by atoms with Gasteiger partial charge in [0, 0.05) is 10.6 Å². The van der Waals surface area contributed by atoms with Crippen LogP contribution in [0.25, 0.3) is 0 Å². The maximum Gasteiger partial charge on any atom is 0.335 e. The molecule has 1 N–H and O–H groups in total. The smallest absolute Gasteiger partial charge is 0.335 e. The van der Waals surface area contributed by atoms with Crippen LogP contribution in [0, 0.1) is 5.82 Å². The van der Waals surface area contributed by atoms with E-state index in [0.29, 0.717) is 20.8 Å². The molecule has 0 fully saturated rings. The van der Waals surface area contributed by atoms with Crippen LogP contribution in [0.3, 0.4) is 0 Å². The Morgan fingerprint density at radius 2 is 2.05 bits per heavy atom. The lowest BCUT2D eigenvalue weighted by Gasteiger charge is -2.10. The number of aromatic carboxylic acids is 1. The van der Waals surface area contributed by atoms with Crippen molar-refractivity contribution >= 4 is 33.5 Å². The molecule has 0 saturated carbocycles. The zero-order valence-corrected chi connectivity index (χ0v) is 12.4. The minimum atomic E-state index is -1.04. The van der Waals surface area contributed by atoms with Gasteiger partial charge in [-0.2, -0.15) is 0 Å². The molecule has 0 bridgehead atoms. The zero-order chi connectivity index (χ0) is 14.7. The third-order valence-corrected chi connectivity index (χ3v) is 3.55. The van der Waals surface area contributed by atoms with Crippen molar-refractivity contribution in [3.8, 4) is 5.75 Å². The van der Waals surface area contributed by atoms with E-state index in [-0.39, 0.29) is 18.0 Å². The fraction of sp³-hybridized carbons (Fsp3) is 0.0714. The predicted octanol–water partition coefficient (Wildman–Crippen LogP) is 4.52. The fourth-order valence-corrected chi connectivity index (χ4v) is 2.25. The number of rotatable bonds is 4. The molecule has 20 heavy (non-hydrogen) atoms. The molecular formula is C14H9BrClFO3. The topological polar surface area (TPSA) is 46.5 Å². The molecule has 0 radical (unpaired) electrons. The molecule has 2 rings (SSSR count). The maximum absolute atomic E-state index is 12.9. The molecule has 0 amide bonds. The molecule has 2 aromatic carbocycles. The van der Waals surface area contributed by atoms with Gasteiger partial charge in [0.2, 0.25) is 0 Å². The number of hydrogen-bond acceptors (Lipinski definition) is 2. The van der Waals surface area contributed by atoms with Gasteiger partial charge in [-0.05, 0) is 46.3 Å². The summed E-state index contributed by atoms with van der Waals surface area (Å²) < 4.78 is 18.9. The van der Waals surface area contributed by atoms with Gasteiger partial charge in [0.1, 0.15) is 18.2 Å². The highest BCUT2D eigenvalue weighted by atomic mass is 79.9. The van der Waals surface area contributed by atoms with Crippen molar-refractivity contribution < 1.29 is 19.0 Å². The van der Waals surface area contributed by atoms with Crippen molar-refractivity contribution in [2.75, 3.05) is 0 Å². The molecule has 0 unspecified atom stereocenters. The molecule has 0 aromatic heterocycles. The van der Waals surface area contributed by atoms with Crippen molar-refractivity contribution in [3.05, 3.63) is 62.8 Å². The lowest BCUT2D eigenvalue weighted by molar-refractivity contribution is 0.0697. The van der Waals surface area contributed by atoms with Gasteiger partial charge in [-0.25, -0.2) is 9.18 Å². The van der Waals surface area contributed by atoms with E-state index < -0.39 is 5.97 Å². The number of benzene rings is 2. The molecule has 0 aliphatic heterocycles. The second kappa shape index (κ2) is 6.24. The van der Waals surface area contributed by atoms with Crippen LogP contribution in [0.2, 0.25) is 5.02 Å². The van der Waals surface area contributed by atoms with Gasteiger partial charge in [0.15, 0.2) is 0 Å². The van der Waals surface area contributed by atoms with Crippen LogP contribution in [0.5, 0.6) is 5.75 Å². The van der Waals surface area contributed by atoms with E-state index in [9.17, 15) is 9.18 Å². The summed E-state index contributed by atoms with van der Waals surface area (Å²) in [6, 6.07) is 8.48. The number of ether oxygens (including phenoxy) is 1. The second-order valence-electron chi connectivity index (χ2n) is 3.97. The van der Waals surface area contributed by atoms with Crippen molar-refractivity contribution in [1.82, 2.24) is 0 Å². The van der Waals surface area contributed by atoms with Gasteiger partial charge in [0.05, 0.1) is 10.0 Å². The predicted molar refractivity (Wildman–Crippen MR) is 76.8 cm³/mol. The van der Waals surface area contributed by atoms with E-state index in [0.717, 1.165) is 0 Å². The van der Waals surface area contributed by atoms with Crippen LogP contribution in [-0.4, -0.2) is 11.1 Å². The Morgan fingerprint density at radius 1 is 1.30 bits per heavy atom. The van der Waals surface area contributed by atoms with E-state index >= 15 is 0 Å². The summed E-state index contributed by atoms with van der Waals surface area (Å²) in [4.78, 5) is 10.8. The summed E-state index contributed by atoms with van der Waals surface area (Å²) >= 11 is 9.18. The number of carboxylic acid groups (broad SMARTS) is 1. The molecule has 0 aliphatic carbocycles. The standard InChI is InChI=1S/C14H9BrClFO3/c15-11-6-10(17)3-4-13(11)20-7-9-2-1-8(14(18)19)5-12(9)16/h1-6H,7H2,(H,18,19). The van der Waals surface area contributed by atoms with Gasteiger partial charge in [0.25, 0.3) is 0 Å². The average molecular weight is 360 g/mol. The lowest BCUT2D eigenvalue weighted by atomic mass is 10.1. The molecule has 3 nitrogen and oxygen atoms in total. The number of halogens is 3. The van der Waals surface area contributed by atoms with Crippen LogP contribution in [0.1, 0.15) is 15.9 Å². The molecule has 2 aromatic rings. The molecule has 0 aliphatic rings. The number of carboxylic acids is 1. The van der Waals surface area contributed by atoms with Gasteiger partial charge in [-0.3, -0.25) is 0 Å². The third kappa shape index (κ3) is 3.49. The maximum atomic E-state index is 12.9. The van der Waals surface area contributed by atoms with Gasteiger partial charge in [-0.15, -0.1) is 0 Å². The van der Waals surface area contributed by atoms with Crippen LogP contribution in [-0.2, 0) is 6.61 Å². The monoisotopic (exact) mass is 358 g/mol.